The first kappa shape index (κ1) is 21.7. The number of rotatable bonds is 8. The van der Waals surface area contributed by atoms with Gasteiger partial charge in [0.15, 0.2) is 0 Å². The van der Waals surface area contributed by atoms with Gasteiger partial charge >= 0.3 is 0 Å². The van der Waals surface area contributed by atoms with E-state index in [0.29, 0.717) is 45.6 Å². The fourth-order valence-electron chi connectivity index (χ4n) is 3.76. The van der Waals surface area contributed by atoms with Gasteiger partial charge < -0.3 is 14.5 Å². The number of hydrogen-bond acceptors (Lipinski definition) is 4. The molecule has 1 aliphatic rings. The van der Waals surface area contributed by atoms with Crippen LogP contribution in [0.2, 0.25) is 0 Å². The molecule has 1 aliphatic heterocycles. The molecule has 2 amide bonds. The second-order valence-corrected chi connectivity index (χ2v) is 7.50. The smallest absolute Gasteiger partial charge is 0.228 e. The van der Waals surface area contributed by atoms with E-state index in [2.05, 4.69) is 35.8 Å². The number of aromatic nitrogens is 1. The van der Waals surface area contributed by atoms with Crippen LogP contribution in [0.1, 0.15) is 12.0 Å². The molecule has 0 radical (unpaired) electrons. The van der Waals surface area contributed by atoms with Crippen LogP contribution in [0.3, 0.4) is 0 Å². The average molecular weight is 408 g/mol. The number of nitrogens with zero attached hydrogens (tertiary/aromatic N) is 3. The van der Waals surface area contributed by atoms with Gasteiger partial charge in [-0.25, -0.2) is 0 Å². The second-order valence-electron chi connectivity index (χ2n) is 7.50. The monoisotopic (exact) mass is 407 g/mol. The predicted octanol–water partition coefficient (Wildman–Crippen LogP) is 2.80. The summed E-state index contributed by atoms with van der Waals surface area (Å²) < 4.78 is 5.04. The van der Waals surface area contributed by atoms with Crippen LogP contribution in [0, 0.1) is 5.92 Å². The summed E-state index contributed by atoms with van der Waals surface area (Å²) in [6.45, 7) is 6.15. The van der Waals surface area contributed by atoms with Gasteiger partial charge in [-0.05, 0) is 29.2 Å². The molecule has 2 heterocycles. The minimum atomic E-state index is -0.275. The molecule has 3 rings (SSSR count). The van der Waals surface area contributed by atoms with Crippen molar-refractivity contribution in [3.05, 3.63) is 67.0 Å². The number of methoxy groups -OCH3 is 1. The Morgan fingerprint density at radius 2 is 2.03 bits per heavy atom. The molecule has 158 valence electrons. The number of pyridine rings is 1. The Hall–Kier alpha value is -2.99. The summed E-state index contributed by atoms with van der Waals surface area (Å²) in [7, 11) is 1.59. The van der Waals surface area contributed by atoms with E-state index < -0.39 is 0 Å². The lowest BCUT2D eigenvalue weighted by Gasteiger charge is -2.23. The Bertz CT molecular complexity index is 852. The van der Waals surface area contributed by atoms with Gasteiger partial charge in [0.1, 0.15) is 0 Å². The third-order valence-electron chi connectivity index (χ3n) is 5.39. The molecule has 0 saturated carbocycles. The van der Waals surface area contributed by atoms with Crippen LogP contribution in [0.25, 0.3) is 11.1 Å². The van der Waals surface area contributed by atoms with Crippen molar-refractivity contribution in [3.8, 4) is 11.1 Å². The van der Waals surface area contributed by atoms with Crippen molar-refractivity contribution in [3.63, 3.8) is 0 Å². The van der Waals surface area contributed by atoms with Crippen LogP contribution in [0.5, 0.6) is 0 Å². The highest BCUT2D eigenvalue weighted by Crippen LogP contribution is 2.22. The molecular formula is C24H29N3O3. The van der Waals surface area contributed by atoms with E-state index in [9.17, 15) is 9.59 Å². The molecule has 0 unspecified atom stereocenters. The number of ether oxygens (including phenoxy) is 1. The number of carbonyl (C=O) groups excluding carboxylic acids is 2. The Morgan fingerprint density at radius 1 is 1.23 bits per heavy atom. The lowest BCUT2D eigenvalue weighted by Crippen LogP contribution is -2.38. The molecule has 0 aliphatic carbocycles. The first-order chi connectivity index (χ1) is 14.6. The largest absolute Gasteiger partial charge is 0.384 e. The standard InChI is InChI=1S/C24H29N3O3/c1-3-12-26-13-14-27(23(28)10-15-30-2)18-22(24(26)29)16-19-6-8-20(9-7-19)21-5-4-11-25-17-21/h3-9,11,17,22H,1,10,12-16,18H2,2H3/t22-/m1/s1. The number of benzene rings is 1. The van der Waals surface area contributed by atoms with Crippen molar-refractivity contribution in [1.29, 1.82) is 0 Å². The summed E-state index contributed by atoms with van der Waals surface area (Å²) in [6.07, 6.45) is 6.25. The zero-order chi connectivity index (χ0) is 21.3. The normalized spacial score (nSPS) is 17.0. The van der Waals surface area contributed by atoms with Gasteiger partial charge in [0.05, 0.1) is 18.9 Å². The maximum Gasteiger partial charge on any atom is 0.228 e. The van der Waals surface area contributed by atoms with Crippen molar-refractivity contribution in [1.82, 2.24) is 14.8 Å². The topological polar surface area (TPSA) is 62.7 Å². The van der Waals surface area contributed by atoms with Crippen molar-refractivity contribution in [2.75, 3.05) is 39.9 Å². The fourth-order valence-corrected chi connectivity index (χ4v) is 3.76. The highest BCUT2D eigenvalue weighted by atomic mass is 16.5. The number of hydrogen-bond donors (Lipinski definition) is 0. The zero-order valence-electron chi connectivity index (χ0n) is 17.5. The Balaban J connectivity index is 1.75. The molecule has 6 heteroatoms. The van der Waals surface area contributed by atoms with Crippen LogP contribution < -0.4 is 0 Å². The zero-order valence-corrected chi connectivity index (χ0v) is 17.5. The molecule has 1 saturated heterocycles. The van der Waals surface area contributed by atoms with Crippen molar-refractivity contribution >= 4 is 11.8 Å². The van der Waals surface area contributed by atoms with Gasteiger partial charge in [0.25, 0.3) is 0 Å². The van der Waals surface area contributed by atoms with E-state index in [4.69, 9.17) is 4.74 Å². The van der Waals surface area contributed by atoms with Crippen LogP contribution in [-0.2, 0) is 20.7 Å². The fraction of sp³-hybridized carbons (Fsp3) is 0.375. The van der Waals surface area contributed by atoms with Gasteiger partial charge in [0.2, 0.25) is 11.8 Å². The van der Waals surface area contributed by atoms with Gasteiger partial charge in [-0.15, -0.1) is 6.58 Å². The number of carbonyl (C=O) groups is 2. The minimum Gasteiger partial charge on any atom is -0.384 e. The van der Waals surface area contributed by atoms with Gasteiger partial charge in [-0.1, -0.05) is 36.4 Å². The molecule has 30 heavy (non-hydrogen) atoms. The average Bonchev–Trinajstić information content (AvgIpc) is 2.93. The third kappa shape index (κ3) is 5.54. The molecule has 1 aromatic carbocycles. The van der Waals surface area contributed by atoms with Crippen LogP contribution in [0.4, 0.5) is 0 Å². The minimum absolute atomic E-state index is 0.0297. The molecule has 1 fully saturated rings. The van der Waals surface area contributed by atoms with Crippen molar-refractivity contribution in [2.45, 2.75) is 12.8 Å². The molecule has 6 nitrogen and oxygen atoms in total. The first-order valence-electron chi connectivity index (χ1n) is 10.3. The summed E-state index contributed by atoms with van der Waals surface area (Å²) in [4.78, 5) is 33.5. The molecule has 1 aromatic heterocycles. The summed E-state index contributed by atoms with van der Waals surface area (Å²) in [5, 5.41) is 0. The Morgan fingerprint density at radius 3 is 2.70 bits per heavy atom. The van der Waals surface area contributed by atoms with E-state index in [1.807, 2.05) is 18.3 Å². The highest BCUT2D eigenvalue weighted by molar-refractivity contribution is 5.82. The van der Waals surface area contributed by atoms with Crippen molar-refractivity contribution in [2.24, 2.45) is 5.92 Å². The molecule has 0 bridgehead atoms. The summed E-state index contributed by atoms with van der Waals surface area (Å²) in [5.74, 6) is -0.168. The second kappa shape index (κ2) is 10.7. The van der Waals surface area contributed by atoms with Gasteiger partial charge in [0, 0.05) is 45.7 Å². The van der Waals surface area contributed by atoms with Crippen LogP contribution in [0.15, 0.2) is 61.4 Å². The lowest BCUT2D eigenvalue weighted by atomic mass is 9.96. The highest BCUT2D eigenvalue weighted by Gasteiger charge is 2.31. The predicted molar refractivity (Wildman–Crippen MR) is 117 cm³/mol. The molecule has 0 spiro atoms. The summed E-state index contributed by atoms with van der Waals surface area (Å²) in [6, 6.07) is 12.1. The van der Waals surface area contributed by atoms with E-state index in [1.54, 1.807) is 29.2 Å². The third-order valence-corrected chi connectivity index (χ3v) is 5.39. The summed E-state index contributed by atoms with van der Waals surface area (Å²) in [5.41, 5.74) is 3.22. The quantitative estimate of drug-likeness (QED) is 0.632. The molecular weight excluding hydrogens is 378 g/mol. The van der Waals surface area contributed by atoms with Crippen molar-refractivity contribution < 1.29 is 14.3 Å². The van der Waals surface area contributed by atoms with E-state index in [0.717, 1.165) is 16.7 Å². The maximum absolute atomic E-state index is 13.1. The van der Waals surface area contributed by atoms with E-state index in [-0.39, 0.29) is 17.7 Å². The first-order valence-corrected chi connectivity index (χ1v) is 10.3. The summed E-state index contributed by atoms with van der Waals surface area (Å²) >= 11 is 0. The Labute approximate surface area is 178 Å². The molecule has 0 N–H and O–H groups in total. The van der Waals surface area contributed by atoms with E-state index in [1.165, 1.54) is 0 Å². The van der Waals surface area contributed by atoms with Crippen LogP contribution >= 0.6 is 0 Å². The lowest BCUT2D eigenvalue weighted by molar-refractivity contribution is -0.134. The number of amides is 2. The van der Waals surface area contributed by atoms with Gasteiger partial charge in [-0.3, -0.25) is 14.6 Å². The Kier molecular flexibility index (Phi) is 7.74. The SMILES string of the molecule is C=CCN1CCN(C(=O)CCOC)C[C@@H](Cc2ccc(-c3cccnc3)cc2)C1=O. The maximum atomic E-state index is 13.1. The van der Waals surface area contributed by atoms with Crippen LogP contribution in [-0.4, -0.2) is 66.5 Å². The van der Waals surface area contributed by atoms with Gasteiger partial charge in [-0.2, -0.15) is 0 Å². The molecule has 2 aromatic rings. The van der Waals surface area contributed by atoms with E-state index >= 15 is 0 Å². The molecule has 1 atom stereocenters.